The molecule has 3 aromatic rings. The number of carbonyl (C=O) groups excluding carboxylic acids is 1. The molecular weight excluding hydrogens is 386 g/mol. The molecular formula is C23H22ClN3O2. The molecule has 1 aliphatic heterocycles. The third-order valence-corrected chi connectivity index (χ3v) is 5.27. The largest absolute Gasteiger partial charge is 0.438 e. The van der Waals surface area contributed by atoms with Crippen molar-refractivity contribution in [2.45, 2.75) is 6.92 Å². The van der Waals surface area contributed by atoms with Gasteiger partial charge in [0.25, 0.3) is 5.91 Å². The van der Waals surface area contributed by atoms with Crippen LogP contribution in [0, 0.1) is 6.92 Å². The number of benzene rings is 2. The first-order valence-corrected chi connectivity index (χ1v) is 9.98. The summed E-state index contributed by atoms with van der Waals surface area (Å²) in [7, 11) is 0. The van der Waals surface area contributed by atoms with Crippen LogP contribution in [0.2, 0.25) is 5.02 Å². The fraction of sp³-hybridized carbons (Fsp3) is 0.217. The zero-order valence-electron chi connectivity index (χ0n) is 16.2. The molecule has 1 amide bonds. The van der Waals surface area contributed by atoms with Crippen LogP contribution in [-0.4, -0.2) is 42.0 Å². The van der Waals surface area contributed by atoms with Gasteiger partial charge in [-0.15, -0.1) is 0 Å². The van der Waals surface area contributed by atoms with Crippen LogP contribution in [0.3, 0.4) is 0 Å². The van der Waals surface area contributed by atoms with Crippen LogP contribution in [0.25, 0.3) is 0 Å². The smallest absolute Gasteiger partial charge is 0.259 e. The van der Waals surface area contributed by atoms with E-state index in [9.17, 15) is 4.79 Å². The van der Waals surface area contributed by atoms with E-state index in [1.165, 1.54) is 5.56 Å². The van der Waals surface area contributed by atoms with Crippen LogP contribution in [0.15, 0.2) is 66.9 Å². The van der Waals surface area contributed by atoms with Crippen molar-refractivity contribution in [3.8, 4) is 11.6 Å². The number of pyridine rings is 1. The minimum Gasteiger partial charge on any atom is -0.438 e. The summed E-state index contributed by atoms with van der Waals surface area (Å²) in [6, 6.07) is 18.8. The number of aryl methyl sites for hydroxylation is 1. The molecule has 0 N–H and O–H groups in total. The third kappa shape index (κ3) is 4.35. The number of hydrogen-bond donors (Lipinski definition) is 0. The van der Waals surface area contributed by atoms with Crippen molar-refractivity contribution in [2.24, 2.45) is 0 Å². The van der Waals surface area contributed by atoms with Gasteiger partial charge < -0.3 is 14.5 Å². The van der Waals surface area contributed by atoms with Gasteiger partial charge >= 0.3 is 0 Å². The number of halogens is 1. The molecule has 4 rings (SSSR count). The Kier molecular flexibility index (Phi) is 5.67. The summed E-state index contributed by atoms with van der Waals surface area (Å²) >= 11 is 6.17. The number of ether oxygens (including phenoxy) is 1. The molecule has 2 aromatic carbocycles. The Morgan fingerprint density at radius 1 is 1.00 bits per heavy atom. The number of anilines is 1. The maximum atomic E-state index is 13.1. The number of hydrogen-bond acceptors (Lipinski definition) is 4. The Hall–Kier alpha value is -3.05. The summed E-state index contributed by atoms with van der Waals surface area (Å²) in [4.78, 5) is 21.5. The Morgan fingerprint density at radius 3 is 2.52 bits per heavy atom. The van der Waals surface area contributed by atoms with E-state index in [1.807, 2.05) is 53.4 Å². The van der Waals surface area contributed by atoms with Crippen LogP contribution in [0.4, 0.5) is 5.69 Å². The second-order valence-corrected chi connectivity index (χ2v) is 7.42. The second-order valence-electron chi connectivity index (χ2n) is 6.98. The zero-order chi connectivity index (χ0) is 20.2. The van der Waals surface area contributed by atoms with E-state index in [4.69, 9.17) is 16.3 Å². The molecule has 0 radical (unpaired) electrons. The van der Waals surface area contributed by atoms with Crippen molar-refractivity contribution in [2.75, 3.05) is 31.1 Å². The van der Waals surface area contributed by atoms with Gasteiger partial charge in [0.15, 0.2) is 0 Å². The van der Waals surface area contributed by atoms with E-state index in [0.717, 1.165) is 23.8 Å². The molecule has 0 atom stereocenters. The lowest BCUT2D eigenvalue weighted by Crippen LogP contribution is -2.49. The van der Waals surface area contributed by atoms with E-state index in [-0.39, 0.29) is 5.91 Å². The minimum atomic E-state index is -0.0634. The highest BCUT2D eigenvalue weighted by Crippen LogP contribution is 2.27. The van der Waals surface area contributed by atoms with Gasteiger partial charge in [-0.3, -0.25) is 4.79 Å². The second kappa shape index (κ2) is 8.53. The van der Waals surface area contributed by atoms with E-state index >= 15 is 0 Å². The lowest BCUT2D eigenvalue weighted by Gasteiger charge is -2.37. The Balaban J connectivity index is 1.47. The number of rotatable bonds is 4. The summed E-state index contributed by atoms with van der Waals surface area (Å²) in [5.41, 5.74) is 2.78. The molecule has 5 nitrogen and oxygen atoms in total. The standard InChI is InChI=1S/C23H22ClN3O2/c1-17-9-10-18(24)16-21(17)26-12-14-27(15-13-26)23(28)20-8-5-11-25-22(20)29-19-6-3-2-4-7-19/h2-11,16H,12-15H2,1H3. The topological polar surface area (TPSA) is 45.7 Å². The van der Waals surface area contributed by atoms with E-state index in [2.05, 4.69) is 16.8 Å². The summed E-state index contributed by atoms with van der Waals surface area (Å²) in [6.45, 7) is 4.84. The Labute approximate surface area is 175 Å². The lowest BCUT2D eigenvalue weighted by molar-refractivity contribution is 0.0743. The molecule has 1 saturated heterocycles. The molecule has 2 heterocycles. The Bertz CT molecular complexity index is 1000. The highest BCUT2D eigenvalue weighted by atomic mass is 35.5. The van der Waals surface area contributed by atoms with Gasteiger partial charge in [-0.25, -0.2) is 4.98 Å². The molecule has 0 bridgehead atoms. The van der Waals surface area contributed by atoms with Gasteiger partial charge in [-0.1, -0.05) is 35.9 Å². The van der Waals surface area contributed by atoms with Crippen LogP contribution in [-0.2, 0) is 0 Å². The number of aromatic nitrogens is 1. The summed E-state index contributed by atoms with van der Waals surface area (Å²) in [5.74, 6) is 0.921. The van der Waals surface area contributed by atoms with Gasteiger partial charge in [-0.05, 0) is 48.9 Å². The first kappa shape index (κ1) is 19.3. The van der Waals surface area contributed by atoms with E-state index in [0.29, 0.717) is 30.3 Å². The predicted octanol–water partition coefficient (Wildman–Crippen LogP) is 4.80. The van der Waals surface area contributed by atoms with Crippen LogP contribution < -0.4 is 9.64 Å². The molecule has 29 heavy (non-hydrogen) atoms. The monoisotopic (exact) mass is 407 g/mol. The molecule has 148 valence electrons. The summed E-state index contributed by atoms with van der Waals surface area (Å²) in [6.07, 6.45) is 1.63. The molecule has 1 aromatic heterocycles. The summed E-state index contributed by atoms with van der Waals surface area (Å²) < 4.78 is 5.86. The predicted molar refractivity (Wildman–Crippen MR) is 115 cm³/mol. The number of piperazine rings is 1. The maximum Gasteiger partial charge on any atom is 0.259 e. The van der Waals surface area contributed by atoms with E-state index in [1.54, 1.807) is 18.3 Å². The zero-order valence-corrected chi connectivity index (χ0v) is 17.0. The van der Waals surface area contributed by atoms with Crippen LogP contribution >= 0.6 is 11.6 Å². The van der Waals surface area contributed by atoms with Crippen molar-refractivity contribution in [1.29, 1.82) is 0 Å². The van der Waals surface area contributed by atoms with E-state index < -0.39 is 0 Å². The van der Waals surface area contributed by atoms with Crippen LogP contribution in [0.1, 0.15) is 15.9 Å². The quantitative estimate of drug-likeness (QED) is 0.623. The first-order valence-electron chi connectivity index (χ1n) is 9.60. The lowest BCUT2D eigenvalue weighted by atomic mass is 10.1. The minimum absolute atomic E-state index is 0.0634. The van der Waals surface area contributed by atoms with Crippen molar-refractivity contribution in [1.82, 2.24) is 9.88 Å². The molecule has 0 spiro atoms. The molecule has 1 aliphatic rings. The fourth-order valence-corrected chi connectivity index (χ4v) is 3.65. The SMILES string of the molecule is Cc1ccc(Cl)cc1N1CCN(C(=O)c2cccnc2Oc2ccccc2)CC1. The number of nitrogens with zero attached hydrogens (tertiary/aromatic N) is 3. The molecule has 0 unspecified atom stereocenters. The van der Waals surface area contributed by atoms with Crippen molar-refractivity contribution >= 4 is 23.2 Å². The average Bonchev–Trinajstić information content (AvgIpc) is 2.76. The van der Waals surface area contributed by atoms with Crippen molar-refractivity contribution in [3.05, 3.63) is 83.0 Å². The number of carbonyl (C=O) groups is 1. The van der Waals surface area contributed by atoms with Gasteiger partial charge in [0, 0.05) is 43.1 Å². The van der Waals surface area contributed by atoms with Crippen molar-refractivity contribution in [3.63, 3.8) is 0 Å². The highest BCUT2D eigenvalue weighted by molar-refractivity contribution is 6.30. The highest BCUT2D eigenvalue weighted by Gasteiger charge is 2.25. The summed E-state index contributed by atoms with van der Waals surface area (Å²) in [5, 5.41) is 0.724. The van der Waals surface area contributed by atoms with Gasteiger partial charge in [0.2, 0.25) is 5.88 Å². The van der Waals surface area contributed by atoms with Gasteiger partial charge in [-0.2, -0.15) is 0 Å². The first-order chi connectivity index (χ1) is 14.1. The molecule has 0 saturated carbocycles. The molecule has 0 aliphatic carbocycles. The van der Waals surface area contributed by atoms with Crippen molar-refractivity contribution < 1.29 is 9.53 Å². The van der Waals surface area contributed by atoms with Gasteiger partial charge in [0.05, 0.1) is 0 Å². The maximum absolute atomic E-state index is 13.1. The van der Waals surface area contributed by atoms with Crippen LogP contribution in [0.5, 0.6) is 11.6 Å². The average molecular weight is 408 g/mol. The number of para-hydroxylation sites is 1. The Morgan fingerprint density at radius 2 is 1.76 bits per heavy atom. The normalized spacial score (nSPS) is 14.0. The third-order valence-electron chi connectivity index (χ3n) is 5.04. The van der Waals surface area contributed by atoms with Gasteiger partial charge in [0.1, 0.15) is 11.3 Å². The molecule has 6 heteroatoms. The number of amides is 1. The molecule has 1 fully saturated rings. The fourth-order valence-electron chi connectivity index (χ4n) is 3.48.